The van der Waals surface area contributed by atoms with Crippen LogP contribution in [0.1, 0.15) is 12.1 Å². The van der Waals surface area contributed by atoms with Gasteiger partial charge < -0.3 is 10.4 Å². The lowest BCUT2D eigenvalue weighted by Gasteiger charge is -1.97. The molecule has 2 heterocycles. The molecule has 2 rings (SSSR count). The van der Waals surface area contributed by atoms with Crippen molar-refractivity contribution < 1.29 is 14.7 Å². The van der Waals surface area contributed by atoms with E-state index in [1.165, 1.54) is 17.4 Å². The van der Waals surface area contributed by atoms with Gasteiger partial charge >= 0.3 is 5.97 Å². The van der Waals surface area contributed by atoms with Crippen molar-refractivity contribution in [1.29, 1.82) is 0 Å². The molecule has 0 unspecified atom stereocenters. The predicted octanol–water partition coefficient (Wildman–Crippen LogP) is 1.000. The summed E-state index contributed by atoms with van der Waals surface area (Å²) in [5.74, 6) is -1.25. The Morgan fingerprint density at radius 3 is 3.17 bits per heavy atom. The predicted molar refractivity (Wildman–Crippen MR) is 67.4 cm³/mol. The Balaban J connectivity index is 1.93. The number of carboxylic acids is 1. The summed E-state index contributed by atoms with van der Waals surface area (Å²) in [7, 11) is 0. The first kappa shape index (κ1) is 12.3. The van der Waals surface area contributed by atoms with Crippen LogP contribution in [-0.2, 0) is 9.59 Å². The molecule has 1 amide bonds. The molecule has 2 N–H and O–H groups in total. The normalized spacial score (nSPS) is 11.1. The van der Waals surface area contributed by atoms with Gasteiger partial charge in [0.25, 0.3) is 0 Å². The van der Waals surface area contributed by atoms with E-state index in [9.17, 15) is 9.59 Å². The maximum atomic E-state index is 11.4. The van der Waals surface area contributed by atoms with E-state index in [1.807, 2.05) is 16.0 Å². The summed E-state index contributed by atoms with van der Waals surface area (Å²) in [6, 6.07) is 0. The summed E-state index contributed by atoms with van der Waals surface area (Å²) in [5.41, 5.74) is 0.805. The highest BCUT2D eigenvalue weighted by atomic mass is 32.1. The molecule has 6 nitrogen and oxygen atoms in total. The van der Waals surface area contributed by atoms with Gasteiger partial charge in [0.2, 0.25) is 5.91 Å². The molecule has 0 aliphatic heterocycles. The Morgan fingerprint density at radius 2 is 2.39 bits per heavy atom. The molecule has 0 aliphatic rings. The standard InChI is InChI=1S/C11H11N3O3S/c15-9(12-4-3-10(16)17)2-1-8-7-13-11-14(8)5-6-18-11/h1-2,5-7H,3-4H2,(H,12,15)(H,16,17)/b2-1+. The first-order chi connectivity index (χ1) is 8.66. The first-order valence-electron chi connectivity index (χ1n) is 5.25. The molecule has 0 spiro atoms. The Labute approximate surface area is 107 Å². The molecule has 18 heavy (non-hydrogen) atoms. The average molecular weight is 265 g/mol. The zero-order valence-electron chi connectivity index (χ0n) is 9.37. The number of aromatic nitrogens is 2. The number of amides is 1. The summed E-state index contributed by atoms with van der Waals surface area (Å²) < 4.78 is 1.87. The van der Waals surface area contributed by atoms with Crippen LogP contribution in [-0.4, -0.2) is 32.9 Å². The lowest BCUT2D eigenvalue weighted by atomic mass is 10.3. The third-order valence-electron chi connectivity index (χ3n) is 2.22. The number of rotatable bonds is 5. The molecule has 0 atom stereocenters. The molecule has 2 aromatic heterocycles. The lowest BCUT2D eigenvalue weighted by molar-refractivity contribution is -0.136. The van der Waals surface area contributed by atoms with Gasteiger partial charge in [-0.05, 0) is 6.08 Å². The summed E-state index contributed by atoms with van der Waals surface area (Å²) in [6.45, 7) is 0.124. The zero-order chi connectivity index (χ0) is 13.0. The number of imidazole rings is 1. The smallest absolute Gasteiger partial charge is 0.305 e. The highest BCUT2D eigenvalue weighted by molar-refractivity contribution is 7.15. The third kappa shape index (κ3) is 2.95. The first-order valence-corrected chi connectivity index (χ1v) is 6.13. The van der Waals surface area contributed by atoms with Gasteiger partial charge in [0.1, 0.15) is 0 Å². The van der Waals surface area contributed by atoms with Crippen molar-refractivity contribution in [3.05, 3.63) is 29.5 Å². The molecule has 0 saturated carbocycles. The number of nitrogens with one attached hydrogen (secondary N) is 1. The molecule has 94 valence electrons. The second kappa shape index (κ2) is 5.46. The Hall–Kier alpha value is -2.15. The molecule has 0 radical (unpaired) electrons. The molecule has 0 fully saturated rings. The van der Waals surface area contributed by atoms with E-state index in [0.717, 1.165) is 10.7 Å². The van der Waals surface area contributed by atoms with Crippen LogP contribution in [0.3, 0.4) is 0 Å². The van der Waals surface area contributed by atoms with Gasteiger partial charge in [0, 0.05) is 24.2 Å². The van der Waals surface area contributed by atoms with Crippen LogP contribution < -0.4 is 5.32 Å². The van der Waals surface area contributed by atoms with Crippen molar-refractivity contribution in [2.24, 2.45) is 0 Å². The van der Waals surface area contributed by atoms with Crippen molar-refractivity contribution in [1.82, 2.24) is 14.7 Å². The van der Waals surface area contributed by atoms with E-state index in [4.69, 9.17) is 5.11 Å². The molecule has 0 bridgehead atoms. The minimum absolute atomic E-state index is 0.0823. The van der Waals surface area contributed by atoms with Crippen LogP contribution in [0, 0.1) is 0 Å². The number of carboxylic acid groups (broad SMARTS) is 1. The quantitative estimate of drug-likeness (QED) is 0.790. The number of nitrogens with zero attached hydrogens (tertiary/aromatic N) is 2. The third-order valence-corrected chi connectivity index (χ3v) is 2.99. The molecular formula is C11H11N3O3S. The van der Waals surface area contributed by atoms with Crippen molar-refractivity contribution in [2.45, 2.75) is 6.42 Å². The molecule has 0 saturated heterocycles. The number of aliphatic carboxylic acids is 1. The van der Waals surface area contributed by atoms with Crippen molar-refractivity contribution in [3.63, 3.8) is 0 Å². The Morgan fingerprint density at radius 1 is 1.56 bits per heavy atom. The maximum Gasteiger partial charge on any atom is 0.305 e. The minimum atomic E-state index is -0.935. The summed E-state index contributed by atoms with van der Waals surface area (Å²) in [5, 5.41) is 12.8. The monoisotopic (exact) mass is 265 g/mol. The van der Waals surface area contributed by atoms with Gasteiger partial charge in [-0.15, -0.1) is 11.3 Å². The Bertz CT molecular complexity index is 599. The van der Waals surface area contributed by atoms with Gasteiger partial charge in [-0.25, -0.2) is 4.98 Å². The zero-order valence-corrected chi connectivity index (χ0v) is 10.2. The second-order valence-electron chi connectivity index (χ2n) is 3.51. The van der Waals surface area contributed by atoms with E-state index < -0.39 is 5.97 Å². The fraction of sp³-hybridized carbons (Fsp3) is 0.182. The highest BCUT2D eigenvalue weighted by Gasteiger charge is 2.02. The van der Waals surface area contributed by atoms with Crippen LogP contribution in [0.25, 0.3) is 11.0 Å². The van der Waals surface area contributed by atoms with Gasteiger partial charge in [0.05, 0.1) is 18.3 Å². The van der Waals surface area contributed by atoms with Crippen molar-refractivity contribution >= 4 is 34.3 Å². The fourth-order valence-corrected chi connectivity index (χ4v) is 2.08. The van der Waals surface area contributed by atoms with E-state index in [2.05, 4.69) is 10.3 Å². The van der Waals surface area contributed by atoms with Gasteiger partial charge in [-0.1, -0.05) is 0 Å². The molecule has 0 aromatic carbocycles. The van der Waals surface area contributed by atoms with Crippen LogP contribution in [0.15, 0.2) is 23.8 Å². The molecule has 0 aliphatic carbocycles. The fourth-order valence-electron chi connectivity index (χ4n) is 1.38. The SMILES string of the molecule is O=C(O)CCNC(=O)/C=C/c1cnc2sccn12. The van der Waals surface area contributed by atoms with Crippen LogP contribution in [0.4, 0.5) is 0 Å². The second-order valence-corrected chi connectivity index (χ2v) is 4.38. The van der Waals surface area contributed by atoms with Gasteiger partial charge in [0.15, 0.2) is 4.96 Å². The van der Waals surface area contributed by atoms with Crippen LogP contribution in [0.5, 0.6) is 0 Å². The summed E-state index contributed by atoms with van der Waals surface area (Å²) in [4.78, 5) is 26.7. The van der Waals surface area contributed by atoms with E-state index in [0.29, 0.717) is 0 Å². The molecule has 2 aromatic rings. The van der Waals surface area contributed by atoms with Crippen molar-refractivity contribution in [3.8, 4) is 0 Å². The largest absolute Gasteiger partial charge is 0.481 e. The number of carbonyl (C=O) groups is 2. The van der Waals surface area contributed by atoms with Gasteiger partial charge in [-0.3, -0.25) is 14.0 Å². The number of carbonyl (C=O) groups excluding carboxylic acids is 1. The topological polar surface area (TPSA) is 83.7 Å². The Kier molecular flexibility index (Phi) is 3.73. The lowest BCUT2D eigenvalue weighted by Crippen LogP contribution is -2.23. The summed E-state index contributed by atoms with van der Waals surface area (Å²) in [6.07, 6.45) is 6.47. The van der Waals surface area contributed by atoms with E-state index >= 15 is 0 Å². The number of hydrogen-bond acceptors (Lipinski definition) is 4. The van der Waals surface area contributed by atoms with Crippen LogP contribution >= 0.6 is 11.3 Å². The molecular weight excluding hydrogens is 254 g/mol. The number of fused-ring (bicyclic) bond motifs is 1. The molecule has 7 heteroatoms. The minimum Gasteiger partial charge on any atom is -0.481 e. The maximum absolute atomic E-state index is 11.4. The average Bonchev–Trinajstić information content (AvgIpc) is 2.88. The van der Waals surface area contributed by atoms with Gasteiger partial charge in [-0.2, -0.15) is 0 Å². The van der Waals surface area contributed by atoms with Crippen molar-refractivity contribution in [2.75, 3.05) is 6.54 Å². The highest BCUT2D eigenvalue weighted by Crippen LogP contribution is 2.13. The van der Waals surface area contributed by atoms with Crippen LogP contribution in [0.2, 0.25) is 0 Å². The number of hydrogen-bond donors (Lipinski definition) is 2. The van der Waals surface area contributed by atoms with E-state index in [-0.39, 0.29) is 18.9 Å². The number of thiazole rings is 1. The summed E-state index contributed by atoms with van der Waals surface area (Å²) >= 11 is 1.51. The van der Waals surface area contributed by atoms with E-state index in [1.54, 1.807) is 12.3 Å².